The molecule has 1 aliphatic heterocycles. The van der Waals surface area contributed by atoms with Crippen molar-refractivity contribution in [3.63, 3.8) is 0 Å². The van der Waals surface area contributed by atoms with Crippen LogP contribution in [0.4, 0.5) is 0 Å². The van der Waals surface area contributed by atoms with E-state index < -0.39 is 10.0 Å². The fourth-order valence-electron chi connectivity index (χ4n) is 1.58. The van der Waals surface area contributed by atoms with Crippen LogP contribution in [-0.4, -0.2) is 36.9 Å². The first kappa shape index (κ1) is 13.4. The van der Waals surface area contributed by atoms with E-state index in [9.17, 15) is 4.79 Å². The van der Waals surface area contributed by atoms with Gasteiger partial charge in [0, 0.05) is 0 Å². The van der Waals surface area contributed by atoms with Crippen molar-refractivity contribution in [2.24, 2.45) is 0 Å². The van der Waals surface area contributed by atoms with E-state index in [1.165, 1.54) is 0 Å². The van der Waals surface area contributed by atoms with E-state index in [0.717, 1.165) is 24.5 Å². The van der Waals surface area contributed by atoms with E-state index in [1.54, 1.807) is 0 Å². The molecule has 0 fully saturated rings. The summed E-state index contributed by atoms with van der Waals surface area (Å²) in [5, 5.41) is 0.913. The third-order valence-electron chi connectivity index (χ3n) is 2.92. The standard InChI is InChI=1S/C12H22O3S/c1-5-14-12(13)10(2)16(3,4)11-8-6-7-9-15-11/h8,10H,5-7,9H2,1-4H3. The summed E-state index contributed by atoms with van der Waals surface area (Å²) in [6, 6.07) is 0. The minimum atomic E-state index is -1.22. The number of carbonyl (C=O) groups excluding carboxylic acids is 1. The van der Waals surface area contributed by atoms with Gasteiger partial charge in [-0.2, -0.15) is 10.0 Å². The molecule has 0 aromatic rings. The van der Waals surface area contributed by atoms with Crippen molar-refractivity contribution in [2.75, 3.05) is 25.7 Å². The molecule has 0 aliphatic carbocycles. The average molecular weight is 246 g/mol. The first-order chi connectivity index (χ1) is 7.50. The van der Waals surface area contributed by atoms with E-state index in [-0.39, 0.29) is 11.2 Å². The molecule has 1 aliphatic rings. The molecule has 0 saturated heterocycles. The van der Waals surface area contributed by atoms with Gasteiger partial charge in [-0.25, -0.2) is 0 Å². The van der Waals surface area contributed by atoms with Gasteiger partial charge in [0.25, 0.3) is 0 Å². The molecule has 94 valence electrons. The van der Waals surface area contributed by atoms with Crippen LogP contribution < -0.4 is 0 Å². The SMILES string of the molecule is CCOC(=O)C(C)S(C)(C)C1=CCCCO1. The molecule has 0 radical (unpaired) electrons. The average Bonchev–Trinajstić information content (AvgIpc) is 2.29. The van der Waals surface area contributed by atoms with Crippen LogP contribution in [0, 0.1) is 0 Å². The Balaban J connectivity index is 2.75. The molecule has 4 heteroatoms. The molecule has 1 rings (SSSR count). The number of carbonyl (C=O) groups is 1. The van der Waals surface area contributed by atoms with Crippen LogP contribution in [0.15, 0.2) is 11.2 Å². The summed E-state index contributed by atoms with van der Waals surface area (Å²) in [6.45, 7) is 4.99. The second kappa shape index (κ2) is 5.62. The van der Waals surface area contributed by atoms with Crippen LogP contribution in [-0.2, 0) is 14.3 Å². The minimum Gasteiger partial charge on any atom is -0.489 e. The zero-order valence-electron chi connectivity index (χ0n) is 10.6. The molecule has 0 amide bonds. The summed E-state index contributed by atoms with van der Waals surface area (Å²) < 4.78 is 10.8. The molecule has 0 aromatic carbocycles. The maximum absolute atomic E-state index is 11.7. The highest BCUT2D eigenvalue weighted by Gasteiger charge is 2.33. The second-order valence-corrected chi connectivity index (χ2v) is 8.23. The predicted molar refractivity (Wildman–Crippen MR) is 68.8 cm³/mol. The lowest BCUT2D eigenvalue weighted by Crippen LogP contribution is -2.28. The Morgan fingerprint density at radius 3 is 2.81 bits per heavy atom. The minimum absolute atomic E-state index is 0.100. The lowest BCUT2D eigenvalue weighted by atomic mass is 10.3. The van der Waals surface area contributed by atoms with Crippen molar-refractivity contribution in [3.8, 4) is 0 Å². The monoisotopic (exact) mass is 246 g/mol. The molecule has 0 N–H and O–H groups in total. The lowest BCUT2D eigenvalue weighted by Gasteiger charge is -2.38. The van der Waals surface area contributed by atoms with Crippen LogP contribution in [0.25, 0.3) is 0 Å². The summed E-state index contributed by atoms with van der Waals surface area (Å²) in [7, 11) is -1.22. The number of hydrogen-bond donors (Lipinski definition) is 0. The number of allylic oxidation sites excluding steroid dienone is 1. The molecule has 3 nitrogen and oxygen atoms in total. The van der Waals surface area contributed by atoms with Gasteiger partial charge in [0.05, 0.1) is 18.5 Å². The van der Waals surface area contributed by atoms with Crippen molar-refractivity contribution in [1.29, 1.82) is 0 Å². The summed E-state index contributed by atoms with van der Waals surface area (Å²) >= 11 is 0. The highest BCUT2D eigenvalue weighted by Crippen LogP contribution is 2.54. The lowest BCUT2D eigenvalue weighted by molar-refractivity contribution is -0.142. The highest BCUT2D eigenvalue weighted by atomic mass is 32.3. The van der Waals surface area contributed by atoms with Gasteiger partial charge in [0.15, 0.2) is 0 Å². The zero-order chi connectivity index (χ0) is 12.2. The predicted octanol–water partition coefficient (Wildman–Crippen LogP) is 2.65. The van der Waals surface area contributed by atoms with Crippen LogP contribution >= 0.6 is 10.0 Å². The van der Waals surface area contributed by atoms with Gasteiger partial charge in [-0.1, -0.05) is 0 Å². The summed E-state index contributed by atoms with van der Waals surface area (Å²) in [5.41, 5.74) is 0. The van der Waals surface area contributed by atoms with Gasteiger partial charge in [0.2, 0.25) is 0 Å². The maximum Gasteiger partial charge on any atom is 0.317 e. The van der Waals surface area contributed by atoms with Crippen molar-refractivity contribution in [1.82, 2.24) is 0 Å². The van der Waals surface area contributed by atoms with Gasteiger partial charge in [-0.3, -0.25) is 4.79 Å². The topological polar surface area (TPSA) is 35.5 Å². The van der Waals surface area contributed by atoms with Crippen LogP contribution in [0.5, 0.6) is 0 Å². The van der Waals surface area contributed by atoms with Gasteiger partial charge in [0.1, 0.15) is 5.09 Å². The van der Waals surface area contributed by atoms with Gasteiger partial charge in [-0.05, 0) is 45.3 Å². The van der Waals surface area contributed by atoms with Crippen LogP contribution in [0.2, 0.25) is 0 Å². The smallest absolute Gasteiger partial charge is 0.317 e. The second-order valence-electron chi connectivity index (χ2n) is 4.31. The first-order valence-electron chi connectivity index (χ1n) is 5.72. The molecule has 16 heavy (non-hydrogen) atoms. The molecule has 0 aromatic heterocycles. The Labute approximate surface area is 99.5 Å². The number of rotatable bonds is 4. The largest absolute Gasteiger partial charge is 0.489 e. The molecule has 0 spiro atoms. The molecule has 0 saturated carbocycles. The fraction of sp³-hybridized carbons (Fsp3) is 0.750. The molecule has 1 heterocycles. The van der Waals surface area contributed by atoms with Crippen LogP contribution in [0.3, 0.4) is 0 Å². The summed E-state index contributed by atoms with van der Waals surface area (Å²) in [6.07, 6.45) is 8.50. The molecule has 1 unspecified atom stereocenters. The molecular formula is C12H22O3S. The Hall–Kier alpha value is -0.640. The third-order valence-corrected chi connectivity index (χ3v) is 6.21. The van der Waals surface area contributed by atoms with Gasteiger partial charge >= 0.3 is 5.97 Å². The van der Waals surface area contributed by atoms with Crippen molar-refractivity contribution in [2.45, 2.75) is 31.9 Å². The Kier molecular flexibility index (Phi) is 4.71. The fourth-order valence-corrected chi connectivity index (χ4v) is 3.41. The normalized spacial score (nSPS) is 19.4. The summed E-state index contributed by atoms with van der Waals surface area (Å²) in [4.78, 5) is 11.7. The van der Waals surface area contributed by atoms with E-state index in [2.05, 4.69) is 18.6 Å². The van der Waals surface area contributed by atoms with E-state index in [4.69, 9.17) is 9.47 Å². The number of esters is 1. The maximum atomic E-state index is 11.7. The Morgan fingerprint density at radius 1 is 1.62 bits per heavy atom. The van der Waals surface area contributed by atoms with Gasteiger partial charge < -0.3 is 9.47 Å². The van der Waals surface area contributed by atoms with Crippen molar-refractivity contribution in [3.05, 3.63) is 11.2 Å². The quantitative estimate of drug-likeness (QED) is 0.715. The third kappa shape index (κ3) is 2.94. The van der Waals surface area contributed by atoms with E-state index >= 15 is 0 Å². The molecule has 1 atom stereocenters. The number of ether oxygens (including phenoxy) is 2. The Morgan fingerprint density at radius 2 is 2.31 bits per heavy atom. The number of hydrogen-bond acceptors (Lipinski definition) is 3. The highest BCUT2D eigenvalue weighted by molar-refractivity contribution is 8.36. The van der Waals surface area contributed by atoms with E-state index in [1.807, 2.05) is 13.8 Å². The van der Waals surface area contributed by atoms with Gasteiger partial charge in [-0.15, -0.1) is 0 Å². The molecular weight excluding hydrogens is 224 g/mol. The first-order valence-corrected chi connectivity index (χ1v) is 8.23. The molecule has 0 bridgehead atoms. The summed E-state index contributed by atoms with van der Waals surface area (Å²) in [5.74, 6) is -0.113. The zero-order valence-corrected chi connectivity index (χ0v) is 11.4. The van der Waals surface area contributed by atoms with E-state index in [0.29, 0.717) is 6.61 Å². The van der Waals surface area contributed by atoms with Crippen molar-refractivity contribution < 1.29 is 14.3 Å². The Bertz CT molecular complexity index is 284. The van der Waals surface area contributed by atoms with Crippen LogP contribution in [0.1, 0.15) is 26.7 Å². The van der Waals surface area contributed by atoms with Crippen molar-refractivity contribution >= 4 is 16.0 Å².